The van der Waals surface area contributed by atoms with Crippen LogP contribution in [-0.4, -0.2) is 43.7 Å². The van der Waals surface area contributed by atoms with Gasteiger partial charge in [0.1, 0.15) is 4.90 Å². The molecule has 2 heterocycles. The van der Waals surface area contributed by atoms with Crippen molar-refractivity contribution in [3.05, 3.63) is 50.6 Å². The summed E-state index contributed by atoms with van der Waals surface area (Å²) in [6.07, 6.45) is 0.962. The van der Waals surface area contributed by atoms with Crippen molar-refractivity contribution in [2.24, 2.45) is 5.92 Å². The minimum Gasteiger partial charge on any atom is -0.340 e. The molecule has 9 heteroatoms. The molecule has 0 saturated carbocycles. The van der Waals surface area contributed by atoms with E-state index < -0.39 is 10.0 Å². The van der Waals surface area contributed by atoms with Crippen molar-refractivity contribution < 1.29 is 13.2 Å². The molecule has 2 aromatic rings. The van der Waals surface area contributed by atoms with E-state index in [2.05, 4.69) is 0 Å². The van der Waals surface area contributed by atoms with Gasteiger partial charge in [0.05, 0.1) is 16.6 Å². The van der Waals surface area contributed by atoms with Crippen LogP contribution in [-0.2, 0) is 21.4 Å². The van der Waals surface area contributed by atoms with E-state index in [1.165, 1.54) is 16.4 Å². The van der Waals surface area contributed by atoms with Gasteiger partial charge in [-0.05, 0) is 36.4 Å². The van der Waals surface area contributed by atoms with Crippen LogP contribution in [0.25, 0.3) is 0 Å². The Labute approximate surface area is 173 Å². The van der Waals surface area contributed by atoms with Crippen LogP contribution in [0, 0.1) is 5.92 Å². The predicted molar refractivity (Wildman–Crippen MR) is 109 cm³/mol. The van der Waals surface area contributed by atoms with Crippen molar-refractivity contribution in [2.75, 3.05) is 20.1 Å². The molecule has 0 radical (unpaired) electrons. The van der Waals surface area contributed by atoms with E-state index in [0.29, 0.717) is 19.4 Å². The lowest BCUT2D eigenvalue weighted by molar-refractivity contribution is -0.135. The molecule has 0 unspecified atom stereocenters. The average Bonchev–Trinajstić information content (AvgIpc) is 3.14. The third kappa shape index (κ3) is 4.49. The fourth-order valence-electron chi connectivity index (χ4n) is 3.23. The Morgan fingerprint density at radius 3 is 2.37 bits per heavy atom. The first-order valence-corrected chi connectivity index (χ1v) is 11.6. The highest BCUT2D eigenvalue weighted by atomic mass is 35.5. The standard InChI is InChI=1S/C18H20Cl2N2O3S2/c1-21(12-14-4-3-11-26-14)18(23)13-7-9-22(10-8-13)27(24,25)17-15(19)5-2-6-16(17)20/h2-6,11,13H,7-10,12H2,1H3. The van der Waals surface area contributed by atoms with Gasteiger partial charge in [0, 0.05) is 30.9 Å². The van der Waals surface area contributed by atoms with Gasteiger partial charge in [0.25, 0.3) is 0 Å². The Bertz CT molecular complexity index is 888. The first-order valence-electron chi connectivity index (χ1n) is 8.52. The molecule has 1 saturated heterocycles. The smallest absolute Gasteiger partial charge is 0.246 e. The monoisotopic (exact) mass is 446 g/mol. The molecule has 0 aliphatic carbocycles. The number of carbonyl (C=O) groups is 1. The van der Waals surface area contributed by atoms with Crippen molar-refractivity contribution in [3.8, 4) is 0 Å². The summed E-state index contributed by atoms with van der Waals surface area (Å²) in [5.41, 5.74) is 0. The fourth-order valence-corrected chi connectivity index (χ4v) is 6.55. The molecule has 0 atom stereocenters. The molecule has 5 nitrogen and oxygen atoms in total. The van der Waals surface area contributed by atoms with Crippen molar-refractivity contribution >= 4 is 50.5 Å². The average molecular weight is 447 g/mol. The maximum Gasteiger partial charge on any atom is 0.246 e. The molecular weight excluding hydrogens is 427 g/mol. The number of hydrogen-bond donors (Lipinski definition) is 0. The number of piperidine rings is 1. The number of rotatable bonds is 5. The highest BCUT2D eigenvalue weighted by Crippen LogP contribution is 2.33. The van der Waals surface area contributed by atoms with Crippen LogP contribution in [0.1, 0.15) is 17.7 Å². The number of carbonyl (C=O) groups excluding carboxylic acids is 1. The molecule has 1 fully saturated rings. The number of hydrogen-bond acceptors (Lipinski definition) is 4. The van der Waals surface area contributed by atoms with E-state index >= 15 is 0 Å². The van der Waals surface area contributed by atoms with Gasteiger partial charge in [-0.1, -0.05) is 35.3 Å². The molecule has 0 bridgehead atoms. The van der Waals surface area contributed by atoms with Crippen LogP contribution in [0.3, 0.4) is 0 Å². The summed E-state index contributed by atoms with van der Waals surface area (Å²) in [5, 5.41) is 2.20. The van der Waals surface area contributed by atoms with Gasteiger partial charge in [-0.15, -0.1) is 11.3 Å². The number of benzene rings is 1. The quantitative estimate of drug-likeness (QED) is 0.693. The zero-order valence-corrected chi connectivity index (χ0v) is 17.9. The summed E-state index contributed by atoms with van der Waals surface area (Å²) < 4.78 is 27.2. The highest BCUT2D eigenvalue weighted by Gasteiger charge is 2.35. The molecule has 0 N–H and O–H groups in total. The highest BCUT2D eigenvalue weighted by molar-refractivity contribution is 7.89. The third-order valence-electron chi connectivity index (χ3n) is 4.67. The zero-order valence-electron chi connectivity index (χ0n) is 14.8. The zero-order chi connectivity index (χ0) is 19.6. The van der Waals surface area contributed by atoms with Crippen molar-refractivity contribution in [1.29, 1.82) is 0 Å². The van der Waals surface area contributed by atoms with Gasteiger partial charge in [-0.3, -0.25) is 4.79 Å². The molecule has 1 aromatic carbocycles. The molecule has 146 valence electrons. The van der Waals surface area contributed by atoms with Gasteiger partial charge in [0.15, 0.2) is 0 Å². The second kappa shape index (κ2) is 8.49. The normalized spacial score (nSPS) is 16.4. The van der Waals surface area contributed by atoms with E-state index in [4.69, 9.17) is 23.2 Å². The van der Waals surface area contributed by atoms with E-state index in [1.54, 1.807) is 29.4 Å². The summed E-state index contributed by atoms with van der Waals surface area (Å²) in [7, 11) is -2.00. The van der Waals surface area contributed by atoms with Crippen LogP contribution in [0.15, 0.2) is 40.6 Å². The summed E-state index contributed by atoms with van der Waals surface area (Å²) in [6, 6.07) is 8.59. The third-order valence-corrected chi connectivity index (χ3v) is 8.39. The minimum absolute atomic E-state index is 0.0521. The Balaban J connectivity index is 1.65. The molecular formula is C18H20Cl2N2O3S2. The Kier molecular flexibility index (Phi) is 6.48. The van der Waals surface area contributed by atoms with Gasteiger partial charge in [-0.2, -0.15) is 4.31 Å². The Morgan fingerprint density at radius 2 is 1.81 bits per heavy atom. The van der Waals surface area contributed by atoms with Gasteiger partial charge in [-0.25, -0.2) is 8.42 Å². The lowest BCUT2D eigenvalue weighted by atomic mass is 9.96. The van der Waals surface area contributed by atoms with Crippen LogP contribution in [0.5, 0.6) is 0 Å². The van der Waals surface area contributed by atoms with E-state index in [9.17, 15) is 13.2 Å². The SMILES string of the molecule is CN(Cc1cccs1)C(=O)C1CCN(S(=O)(=O)c2c(Cl)cccc2Cl)CC1. The fraction of sp³-hybridized carbons (Fsp3) is 0.389. The van der Waals surface area contributed by atoms with Crippen LogP contribution < -0.4 is 0 Å². The Hall–Kier alpha value is -1.12. The lowest BCUT2D eigenvalue weighted by Crippen LogP contribution is -2.43. The molecule has 0 spiro atoms. The van der Waals surface area contributed by atoms with Gasteiger partial charge in [0.2, 0.25) is 15.9 Å². The second-order valence-corrected chi connectivity index (χ2v) is 10.2. The maximum atomic E-state index is 12.9. The number of nitrogens with zero attached hydrogens (tertiary/aromatic N) is 2. The maximum absolute atomic E-state index is 12.9. The lowest BCUT2D eigenvalue weighted by Gasteiger charge is -2.32. The first-order chi connectivity index (χ1) is 12.8. The van der Waals surface area contributed by atoms with Crippen molar-refractivity contribution in [1.82, 2.24) is 9.21 Å². The van der Waals surface area contributed by atoms with Gasteiger partial charge >= 0.3 is 0 Å². The largest absolute Gasteiger partial charge is 0.340 e. The molecule has 1 aliphatic rings. The van der Waals surface area contributed by atoms with E-state index in [0.717, 1.165) is 4.88 Å². The van der Waals surface area contributed by atoms with Crippen molar-refractivity contribution in [2.45, 2.75) is 24.3 Å². The number of thiophene rings is 1. The van der Waals surface area contributed by atoms with Crippen LogP contribution in [0.2, 0.25) is 10.0 Å². The second-order valence-electron chi connectivity index (χ2n) is 6.50. The van der Waals surface area contributed by atoms with Gasteiger partial charge < -0.3 is 4.90 Å². The predicted octanol–water partition coefficient (Wildman–Crippen LogP) is 4.11. The summed E-state index contributed by atoms with van der Waals surface area (Å²) in [5.74, 6) is -0.126. The van der Waals surface area contributed by atoms with Crippen molar-refractivity contribution in [3.63, 3.8) is 0 Å². The van der Waals surface area contributed by atoms with Crippen LogP contribution in [0.4, 0.5) is 0 Å². The summed E-state index contributed by atoms with van der Waals surface area (Å²) in [4.78, 5) is 15.5. The van der Waals surface area contributed by atoms with E-state index in [1.807, 2.05) is 17.5 Å². The van der Waals surface area contributed by atoms with E-state index in [-0.39, 0.29) is 39.9 Å². The molecule has 1 aliphatic heterocycles. The molecule has 27 heavy (non-hydrogen) atoms. The summed E-state index contributed by atoms with van der Waals surface area (Å²) in [6.45, 7) is 1.12. The Morgan fingerprint density at radius 1 is 1.19 bits per heavy atom. The van der Waals surface area contributed by atoms with Crippen LogP contribution >= 0.6 is 34.5 Å². The number of halogens is 2. The summed E-state index contributed by atoms with van der Waals surface area (Å²) >= 11 is 13.8. The molecule has 1 amide bonds. The topological polar surface area (TPSA) is 57.7 Å². The first kappa shape index (κ1) is 20.6. The molecule has 3 rings (SSSR count). The molecule has 1 aromatic heterocycles. The number of amides is 1. The minimum atomic E-state index is -3.79. The number of sulfonamides is 1.